The minimum absolute atomic E-state index is 0.165. The van der Waals surface area contributed by atoms with Gasteiger partial charge in [0.1, 0.15) is 12.1 Å². The lowest BCUT2D eigenvalue weighted by atomic mass is 10.2. The summed E-state index contributed by atoms with van der Waals surface area (Å²) < 4.78 is 21.5. The number of aromatic nitrogens is 3. The molecule has 31 heavy (non-hydrogen) atoms. The first-order valence-electron chi connectivity index (χ1n) is 9.60. The van der Waals surface area contributed by atoms with E-state index < -0.39 is 5.82 Å². The molecule has 0 aliphatic carbocycles. The Morgan fingerprint density at radius 2 is 1.65 bits per heavy atom. The van der Waals surface area contributed by atoms with E-state index in [0.717, 1.165) is 5.56 Å². The summed E-state index contributed by atoms with van der Waals surface area (Å²) in [5.41, 5.74) is 1.99. The van der Waals surface area contributed by atoms with Crippen LogP contribution in [0.15, 0.2) is 99.5 Å². The summed E-state index contributed by atoms with van der Waals surface area (Å²) in [7, 11) is 0. The van der Waals surface area contributed by atoms with Crippen LogP contribution in [0.2, 0.25) is 0 Å². The summed E-state index contributed by atoms with van der Waals surface area (Å²) in [4.78, 5) is 22.4. The van der Waals surface area contributed by atoms with Crippen molar-refractivity contribution in [2.75, 3.05) is 0 Å². The molecule has 0 saturated heterocycles. The van der Waals surface area contributed by atoms with Gasteiger partial charge in [0.05, 0.1) is 22.3 Å². The van der Waals surface area contributed by atoms with Crippen molar-refractivity contribution in [2.24, 2.45) is 0 Å². The number of hydrogen-bond donors (Lipinski definition) is 0. The maximum atomic E-state index is 14.6. The highest BCUT2D eigenvalue weighted by molar-refractivity contribution is 7.98. The zero-order valence-corrected chi connectivity index (χ0v) is 17.1. The van der Waals surface area contributed by atoms with Crippen LogP contribution in [0.25, 0.3) is 28.0 Å². The largest absolute Gasteiger partial charge is 0.444 e. The zero-order valence-electron chi connectivity index (χ0n) is 16.2. The minimum atomic E-state index is -0.490. The summed E-state index contributed by atoms with van der Waals surface area (Å²) in [5, 5.41) is 0.820. The van der Waals surface area contributed by atoms with E-state index in [1.54, 1.807) is 42.7 Å². The van der Waals surface area contributed by atoms with Crippen molar-refractivity contribution in [3.05, 3.63) is 107 Å². The Hall–Kier alpha value is -3.71. The van der Waals surface area contributed by atoms with Gasteiger partial charge >= 0.3 is 0 Å². The molecule has 0 aliphatic heterocycles. The van der Waals surface area contributed by atoms with Crippen LogP contribution in [0.5, 0.6) is 0 Å². The lowest BCUT2D eigenvalue weighted by Crippen LogP contribution is -2.22. The highest BCUT2D eigenvalue weighted by Crippen LogP contribution is 2.27. The lowest BCUT2D eigenvalue weighted by Gasteiger charge is -2.13. The van der Waals surface area contributed by atoms with Crippen molar-refractivity contribution >= 4 is 22.7 Å². The molecule has 2 heterocycles. The number of para-hydroxylation sites is 2. The number of thioether (sulfide) groups is 1. The smallest absolute Gasteiger partial charge is 0.266 e. The zero-order chi connectivity index (χ0) is 21.2. The highest BCUT2D eigenvalue weighted by Gasteiger charge is 2.17. The Bertz CT molecular complexity index is 1430. The van der Waals surface area contributed by atoms with Gasteiger partial charge in [0.2, 0.25) is 5.89 Å². The Labute approximate surface area is 181 Å². The quantitative estimate of drug-likeness (QED) is 0.274. The Balaban J connectivity index is 1.54. The summed E-state index contributed by atoms with van der Waals surface area (Å²) in [6.07, 6.45) is 1.59. The van der Waals surface area contributed by atoms with E-state index in [1.807, 2.05) is 36.4 Å². The SMILES string of the molecule is O=c1c2ccccc2nc(SCc2coc(-c3ccccc3)n2)n1-c1ccccc1F. The van der Waals surface area contributed by atoms with E-state index in [4.69, 9.17) is 4.42 Å². The second-order valence-electron chi connectivity index (χ2n) is 6.80. The molecule has 3 aromatic carbocycles. The van der Waals surface area contributed by atoms with Gasteiger partial charge in [-0.05, 0) is 36.4 Å². The normalized spacial score (nSPS) is 11.1. The molecule has 0 unspecified atom stereocenters. The number of rotatable bonds is 5. The van der Waals surface area contributed by atoms with E-state index in [-0.39, 0.29) is 11.2 Å². The number of nitrogens with zero attached hydrogens (tertiary/aromatic N) is 3. The molecule has 0 fully saturated rings. The first kappa shape index (κ1) is 19.3. The maximum Gasteiger partial charge on any atom is 0.266 e. The summed E-state index contributed by atoms with van der Waals surface area (Å²) >= 11 is 1.30. The number of benzene rings is 3. The Morgan fingerprint density at radius 3 is 2.48 bits per heavy atom. The standard InChI is InChI=1S/C24H16FN3O2S/c25-19-11-5-7-13-21(19)28-23(29)18-10-4-6-12-20(18)27-24(28)31-15-17-14-30-22(26-17)16-8-2-1-3-9-16/h1-14H,15H2. The molecule has 5 nitrogen and oxygen atoms in total. The van der Waals surface area contributed by atoms with Crippen LogP contribution in [-0.4, -0.2) is 14.5 Å². The van der Waals surface area contributed by atoms with Crippen molar-refractivity contribution in [3.63, 3.8) is 0 Å². The lowest BCUT2D eigenvalue weighted by molar-refractivity contribution is 0.573. The average molecular weight is 429 g/mol. The van der Waals surface area contributed by atoms with Crippen molar-refractivity contribution in [1.82, 2.24) is 14.5 Å². The second kappa shape index (κ2) is 8.20. The predicted molar refractivity (Wildman–Crippen MR) is 119 cm³/mol. The van der Waals surface area contributed by atoms with Crippen LogP contribution >= 0.6 is 11.8 Å². The average Bonchev–Trinajstić information content (AvgIpc) is 3.28. The highest BCUT2D eigenvalue weighted by atomic mass is 32.2. The van der Waals surface area contributed by atoms with Crippen LogP contribution in [0, 0.1) is 5.82 Å². The summed E-state index contributed by atoms with van der Waals surface area (Å²) in [5.74, 6) is 0.445. The van der Waals surface area contributed by atoms with Crippen LogP contribution < -0.4 is 5.56 Å². The third-order valence-electron chi connectivity index (χ3n) is 4.76. The molecule has 0 N–H and O–H groups in total. The van der Waals surface area contributed by atoms with Crippen molar-refractivity contribution in [2.45, 2.75) is 10.9 Å². The van der Waals surface area contributed by atoms with Crippen molar-refractivity contribution in [1.29, 1.82) is 0 Å². The van der Waals surface area contributed by atoms with Gasteiger partial charge in [-0.1, -0.05) is 54.2 Å². The maximum absolute atomic E-state index is 14.6. The monoisotopic (exact) mass is 429 g/mol. The molecule has 5 rings (SSSR count). The minimum Gasteiger partial charge on any atom is -0.444 e. The fourth-order valence-corrected chi connectivity index (χ4v) is 4.16. The molecule has 0 amide bonds. The second-order valence-corrected chi connectivity index (χ2v) is 7.74. The summed E-state index contributed by atoms with van der Waals surface area (Å²) in [6.45, 7) is 0. The molecule has 2 aromatic heterocycles. The molecule has 5 aromatic rings. The molecular weight excluding hydrogens is 413 g/mol. The topological polar surface area (TPSA) is 60.9 Å². The fraction of sp³-hybridized carbons (Fsp3) is 0.0417. The Kier molecular flexibility index (Phi) is 5.09. The molecule has 0 spiro atoms. The molecular formula is C24H16FN3O2S. The van der Waals surface area contributed by atoms with E-state index in [1.165, 1.54) is 22.4 Å². The molecule has 0 saturated carbocycles. The molecule has 0 atom stereocenters. The number of halogens is 1. The van der Waals surface area contributed by atoms with Crippen LogP contribution in [0.4, 0.5) is 4.39 Å². The van der Waals surface area contributed by atoms with Crippen LogP contribution in [0.3, 0.4) is 0 Å². The van der Waals surface area contributed by atoms with Gasteiger partial charge in [0, 0.05) is 11.3 Å². The van der Waals surface area contributed by atoms with Crippen molar-refractivity contribution in [3.8, 4) is 17.1 Å². The van der Waals surface area contributed by atoms with Gasteiger partial charge < -0.3 is 4.42 Å². The molecule has 7 heteroatoms. The first-order chi connectivity index (χ1) is 15.2. The number of hydrogen-bond acceptors (Lipinski definition) is 5. The predicted octanol–water partition coefficient (Wildman–Crippen LogP) is 5.47. The first-order valence-corrected chi connectivity index (χ1v) is 10.6. The van der Waals surface area contributed by atoms with Gasteiger partial charge in [0.25, 0.3) is 5.56 Å². The van der Waals surface area contributed by atoms with E-state index in [9.17, 15) is 9.18 Å². The molecule has 0 bridgehead atoms. The van der Waals surface area contributed by atoms with E-state index in [2.05, 4.69) is 9.97 Å². The van der Waals surface area contributed by atoms with Crippen LogP contribution in [-0.2, 0) is 5.75 Å². The van der Waals surface area contributed by atoms with Gasteiger partial charge in [-0.2, -0.15) is 0 Å². The van der Waals surface area contributed by atoms with Gasteiger partial charge in [-0.25, -0.2) is 14.4 Å². The van der Waals surface area contributed by atoms with Crippen LogP contribution in [0.1, 0.15) is 5.69 Å². The third-order valence-corrected chi connectivity index (χ3v) is 5.73. The number of fused-ring (bicyclic) bond motifs is 1. The van der Waals surface area contributed by atoms with E-state index >= 15 is 0 Å². The third kappa shape index (κ3) is 3.75. The number of oxazole rings is 1. The molecule has 0 radical (unpaired) electrons. The van der Waals surface area contributed by atoms with Gasteiger partial charge in [0.15, 0.2) is 5.16 Å². The molecule has 152 valence electrons. The van der Waals surface area contributed by atoms with E-state index in [0.29, 0.717) is 33.4 Å². The summed E-state index contributed by atoms with van der Waals surface area (Å²) in [6, 6.07) is 22.8. The van der Waals surface area contributed by atoms with Gasteiger partial charge in [-0.15, -0.1) is 0 Å². The molecule has 0 aliphatic rings. The Morgan fingerprint density at radius 1 is 0.903 bits per heavy atom. The fourth-order valence-electron chi connectivity index (χ4n) is 3.28. The van der Waals surface area contributed by atoms with Gasteiger partial charge in [-0.3, -0.25) is 9.36 Å². The van der Waals surface area contributed by atoms with Crippen molar-refractivity contribution < 1.29 is 8.81 Å².